The van der Waals surface area contributed by atoms with Gasteiger partial charge in [-0.25, -0.2) is 4.39 Å². The number of amides is 1. The van der Waals surface area contributed by atoms with Crippen molar-refractivity contribution in [1.82, 2.24) is 0 Å². The quantitative estimate of drug-likeness (QED) is 0.722. The van der Waals surface area contributed by atoms with Crippen LogP contribution < -0.4 is 4.90 Å². The normalized spacial score (nSPS) is 20.6. The highest BCUT2D eigenvalue weighted by atomic mass is 79.9. The van der Waals surface area contributed by atoms with Crippen LogP contribution in [0.1, 0.15) is 6.42 Å². The molecule has 0 bridgehead atoms. The molecule has 2 rings (SSSR count). The van der Waals surface area contributed by atoms with E-state index in [9.17, 15) is 9.18 Å². The summed E-state index contributed by atoms with van der Waals surface area (Å²) in [4.78, 5) is 13.2. The third-order valence-corrected chi connectivity index (χ3v) is 3.52. The van der Waals surface area contributed by atoms with Gasteiger partial charge in [-0.15, -0.1) is 0 Å². The number of halogens is 4. The van der Waals surface area contributed by atoms with Crippen LogP contribution in [-0.2, 0) is 4.79 Å². The minimum Gasteiger partial charge on any atom is -0.308 e. The fourth-order valence-corrected chi connectivity index (χ4v) is 2.90. The van der Waals surface area contributed by atoms with Crippen LogP contribution in [0.3, 0.4) is 0 Å². The molecule has 1 aromatic rings. The van der Waals surface area contributed by atoms with Gasteiger partial charge in [-0.1, -0.05) is 39.1 Å². The fourth-order valence-electron chi connectivity index (χ4n) is 1.67. The standard InChI is InChI=1S/C10H7BrCl2FNO/c11-5-1-9(16)15(4-5)10-7(12)2-6(14)3-8(10)13/h2-3,5H,1,4H2. The smallest absolute Gasteiger partial charge is 0.228 e. The topological polar surface area (TPSA) is 20.3 Å². The Bertz CT molecular complexity index is 431. The van der Waals surface area contributed by atoms with Gasteiger partial charge in [0.15, 0.2) is 0 Å². The summed E-state index contributed by atoms with van der Waals surface area (Å²) < 4.78 is 13.0. The summed E-state index contributed by atoms with van der Waals surface area (Å²) in [6.07, 6.45) is 0.393. The first-order chi connectivity index (χ1) is 7.49. The number of hydrogen-bond donors (Lipinski definition) is 0. The Kier molecular flexibility index (Phi) is 3.42. The van der Waals surface area contributed by atoms with E-state index in [0.29, 0.717) is 18.7 Å². The van der Waals surface area contributed by atoms with Crippen LogP contribution in [0.25, 0.3) is 0 Å². The van der Waals surface area contributed by atoms with Crippen LogP contribution in [0.15, 0.2) is 12.1 Å². The van der Waals surface area contributed by atoms with Crippen molar-refractivity contribution in [2.75, 3.05) is 11.4 Å². The summed E-state index contributed by atoms with van der Waals surface area (Å²) in [5.74, 6) is -0.585. The number of hydrogen-bond acceptors (Lipinski definition) is 1. The molecule has 0 aromatic heterocycles. The summed E-state index contributed by atoms with van der Waals surface area (Å²) in [7, 11) is 0. The van der Waals surface area contributed by atoms with Gasteiger partial charge in [0.25, 0.3) is 0 Å². The molecule has 1 fully saturated rings. The highest BCUT2D eigenvalue weighted by molar-refractivity contribution is 9.09. The molecule has 1 amide bonds. The Balaban J connectivity index is 2.44. The van der Waals surface area contributed by atoms with E-state index in [2.05, 4.69) is 15.9 Å². The van der Waals surface area contributed by atoms with Crippen LogP contribution in [-0.4, -0.2) is 17.3 Å². The first kappa shape index (κ1) is 12.1. The van der Waals surface area contributed by atoms with Crippen LogP contribution in [0.5, 0.6) is 0 Å². The number of anilines is 1. The fraction of sp³-hybridized carbons (Fsp3) is 0.300. The molecule has 16 heavy (non-hydrogen) atoms. The molecule has 0 spiro atoms. The van der Waals surface area contributed by atoms with E-state index in [-0.39, 0.29) is 20.8 Å². The summed E-state index contributed by atoms with van der Waals surface area (Å²) in [5, 5.41) is 0.305. The summed E-state index contributed by atoms with van der Waals surface area (Å²) in [6.45, 7) is 0.490. The average molecular weight is 327 g/mol. The van der Waals surface area contributed by atoms with Crippen molar-refractivity contribution in [1.29, 1.82) is 0 Å². The number of nitrogens with zero attached hydrogens (tertiary/aromatic N) is 1. The molecule has 1 aromatic carbocycles. The summed E-state index contributed by atoms with van der Waals surface area (Å²) >= 11 is 15.1. The van der Waals surface area contributed by atoms with Crippen LogP contribution >= 0.6 is 39.1 Å². The largest absolute Gasteiger partial charge is 0.308 e. The van der Waals surface area contributed by atoms with Crippen molar-refractivity contribution in [3.63, 3.8) is 0 Å². The summed E-state index contributed by atoms with van der Waals surface area (Å²) in [6, 6.07) is 2.30. The van der Waals surface area contributed by atoms with Crippen molar-refractivity contribution in [3.8, 4) is 0 Å². The first-order valence-corrected chi connectivity index (χ1v) is 6.25. The highest BCUT2D eigenvalue weighted by Crippen LogP contribution is 2.37. The number of carbonyl (C=O) groups excluding carboxylic acids is 1. The molecule has 6 heteroatoms. The molecule has 86 valence electrons. The maximum absolute atomic E-state index is 13.0. The van der Waals surface area contributed by atoms with Crippen molar-refractivity contribution in [3.05, 3.63) is 28.0 Å². The molecule has 1 heterocycles. The summed E-state index contributed by atoms with van der Waals surface area (Å²) in [5.41, 5.74) is 0.386. The third-order valence-electron chi connectivity index (χ3n) is 2.33. The zero-order valence-electron chi connectivity index (χ0n) is 8.01. The average Bonchev–Trinajstić information content (AvgIpc) is 2.43. The molecular formula is C10H7BrCl2FNO. The predicted octanol–water partition coefficient (Wildman–Crippen LogP) is 3.63. The molecule has 2 nitrogen and oxygen atoms in total. The lowest BCUT2D eigenvalue weighted by atomic mass is 10.3. The lowest BCUT2D eigenvalue weighted by Gasteiger charge is -2.19. The van der Waals surface area contributed by atoms with Crippen LogP contribution in [0, 0.1) is 5.82 Å². The molecule has 0 aliphatic carbocycles. The number of rotatable bonds is 1. The highest BCUT2D eigenvalue weighted by Gasteiger charge is 2.31. The van der Waals surface area contributed by atoms with Crippen molar-refractivity contribution in [2.45, 2.75) is 11.2 Å². The molecule has 0 radical (unpaired) electrons. The van der Waals surface area contributed by atoms with Gasteiger partial charge in [0.05, 0.1) is 15.7 Å². The van der Waals surface area contributed by atoms with Gasteiger partial charge in [0, 0.05) is 17.8 Å². The molecule has 1 aliphatic heterocycles. The van der Waals surface area contributed by atoms with Gasteiger partial charge in [-0.05, 0) is 12.1 Å². The van der Waals surface area contributed by atoms with E-state index in [0.717, 1.165) is 12.1 Å². The second-order valence-corrected chi connectivity index (χ2v) is 5.63. The molecule has 0 N–H and O–H groups in total. The van der Waals surface area contributed by atoms with Gasteiger partial charge >= 0.3 is 0 Å². The van der Waals surface area contributed by atoms with E-state index in [1.807, 2.05) is 0 Å². The Morgan fingerprint density at radius 2 is 1.94 bits per heavy atom. The van der Waals surface area contributed by atoms with Gasteiger partial charge in [0.2, 0.25) is 5.91 Å². The number of carbonyl (C=O) groups is 1. The van der Waals surface area contributed by atoms with Gasteiger partial charge in [-0.2, -0.15) is 0 Å². The maximum Gasteiger partial charge on any atom is 0.228 e. The second-order valence-electron chi connectivity index (χ2n) is 3.52. The first-order valence-electron chi connectivity index (χ1n) is 4.58. The van der Waals surface area contributed by atoms with E-state index >= 15 is 0 Å². The Labute approximate surface area is 110 Å². The van der Waals surface area contributed by atoms with Gasteiger partial charge < -0.3 is 4.90 Å². The Hall–Kier alpha value is -0.320. The molecule has 1 saturated heterocycles. The maximum atomic E-state index is 13.0. The predicted molar refractivity (Wildman–Crippen MR) is 66.1 cm³/mol. The minimum absolute atomic E-state index is 0.0720. The van der Waals surface area contributed by atoms with Crippen molar-refractivity contribution in [2.24, 2.45) is 0 Å². The van der Waals surface area contributed by atoms with Crippen molar-refractivity contribution < 1.29 is 9.18 Å². The minimum atomic E-state index is -0.513. The SMILES string of the molecule is O=C1CC(Br)CN1c1c(Cl)cc(F)cc1Cl. The van der Waals surface area contributed by atoms with Gasteiger partial charge in [0.1, 0.15) is 5.82 Å². The number of benzene rings is 1. The lowest BCUT2D eigenvalue weighted by molar-refractivity contribution is -0.117. The lowest BCUT2D eigenvalue weighted by Crippen LogP contribution is -2.25. The van der Waals surface area contributed by atoms with Crippen LogP contribution in [0.2, 0.25) is 10.0 Å². The molecular weight excluding hydrogens is 320 g/mol. The molecule has 1 aliphatic rings. The molecule has 1 atom stereocenters. The molecule has 0 saturated carbocycles. The van der Waals surface area contributed by atoms with E-state index in [4.69, 9.17) is 23.2 Å². The second kappa shape index (κ2) is 4.51. The zero-order valence-corrected chi connectivity index (χ0v) is 11.1. The zero-order chi connectivity index (χ0) is 11.9. The van der Waals surface area contributed by atoms with Crippen LogP contribution in [0.4, 0.5) is 10.1 Å². The monoisotopic (exact) mass is 325 g/mol. The van der Waals surface area contributed by atoms with E-state index in [1.165, 1.54) is 4.90 Å². The Morgan fingerprint density at radius 1 is 1.38 bits per heavy atom. The Morgan fingerprint density at radius 3 is 2.38 bits per heavy atom. The van der Waals surface area contributed by atoms with E-state index in [1.54, 1.807) is 0 Å². The molecule has 1 unspecified atom stereocenters. The van der Waals surface area contributed by atoms with E-state index < -0.39 is 5.82 Å². The third kappa shape index (κ3) is 2.19. The van der Waals surface area contributed by atoms with Gasteiger partial charge in [-0.3, -0.25) is 4.79 Å². The van der Waals surface area contributed by atoms with Crippen molar-refractivity contribution >= 4 is 50.7 Å². The number of alkyl halides is 1.